The average molecular weight is 544 g/mol. The molecule has 40 heavy (non-hydrogen) atoms. The van der Waals surface area contributed by atoms with Gasteiger partial charge in [-0.1, -0.05) is 0 Å². The van der Waals surface area contributed by atoms with Gasteiger partial charge in [-0.25, -0.2) is 4.98 Å². The third kappa shape index (κ3) is 5.40. The van der Waals surface area contributed by atoms with E-state index in [4.69, 9.17) is 20.2 Å². The van der Waals surface area contributed by atoms with Gasteiger partial charge < -0.3 is 29.9 Å². The monoisotopic (exact) mass is 543 g/mol. The fraction of sp³-hybridized carbons (Fsp3) is 0.517. The molecule has 3 fully saturated rings. The highest BCUT2D eigenvalue weighted by Gasteiger charge is 2.32. The van der Waals surface area contributed by atoms with E-state index in [0.717, 1.165) is 68.2 Å². The van der Waals surface area contributed by atoms with Crippen LogP contribution in [0.5, 0.6) is 0 Å². The van der Waals surface area contributed by atoms with Gasteiger partial charge in [0.05, 0.1) is 35.4 Å². The first kappa shape index (κ1) is 26.7. The minimum atomic E-state index is -0.0336. The van der Waals surface area contributed by atoms with Crippen LogP contribution in [0.1, 0.15) is 12.5 Å². The molecule has 3 aromatic rings. The topological polar surface area (TPSA) is 120 Å². The summed E-state index contributed by atoms with van der Waals surface area (Å²) in [4.78, 5) is 23.2. The number of nitrogens with zero attached hydrogens (tertiary/aromatic N) is 8. The molecule has 6 rings (SSSR count). The molecule has 0 radical (unpaired) electrons. The van der Waals surface area contributed by atoms with Gasteiger partial charge in [0.25, 0.3) is 0 Å². The van der Waals surface area contributed by atoms with Crippen LogP contribution in [0.3, 0.4) is 0 Å². The molecule has 0 amide bonds. The van der Waals surface area contributed by atoms with Gasteiger partial charge in [-0.2, -0.15) is 10.2 Å². The van der Waals surface area contributed by atoms with E-state index < -0.39 is 0 Å². The fourth-order valence-corrected chi connectivity index (χ4v) is 6.19. The van der Waals surface area contributed by atoms with Crippen molar-refractivity contribution in [1.29, 1.82) is 5.26 Å². The Morgan fingerprint density at radius 1 is 1.00 bits per heavy atom. The second-order valence-electron chi connectivity index (χ2n) is 11.0. The van der Waals surface area contributed by atoms with Crippen LogP contribution in [0.25, 0.3) is 10.9 Å². The van der Waals surface area contributed by atoms with Crippen LogP contribution in [0.2, 0.25) is 0 Å². The lowest BCUT2D eigenvalue weighted by Gasteiger charge is -2.42. The lowest BCUT2D eigenvalue weighted by Crippen LogP contribution is -2.54. The normalized spacial score (nSPS) is 25.9. The SMILES string of the molecule is CO[C@H]1CN(c2nccc(N3CCN(C[C@H]4CN(c5ccc(C#N)c6ncccc56)C[C@@H](C)O4)CC3)n2)C[C@H]1N. The first-order valence-electron chi connectivity index (χ1n) is 14.0. The molecule has 0 unspecified atom stereocenters. The number of benzene rings is 1. The van der Waals surface area contributed by atoms with E-state index in [2.05, 4.69) is 54.7 Å². The van der Waals surface area contributed by atoms with Gasteiger partial charge in [-0.3, -0.25) is 9.88 Å². The Labute approximate surface area is 235 Å². The number of hydrogen-bond donors (Lipinski definition) is 1. The molecule has 3 saturated heterocycles. The Bertz CT molecular complexity index is 1370. The number of rotatable bonds is 6. The summed E-state index contributed by atoms with van der Waals surface area (Å²) in [6, 6.07) is 12.2. The summed E-state index contributed by atoms with van der Waals surface area (Å²) in [6.07, 6.45) is 3.79. The molecular formula is C29H37N9O2. The minimum Gasteiger partial charge on any atom is -0.378 e. The fourth-order valence-electron chi connectivity index (χ4n) is 6.19. The third-order valence-corrected chi connectivity index (χ3v) is 8.22. The summed E-state index contributed by atoms with van der Waals surface area (Å²) in [7, 11) is 1.70. The molecule has 3 aliphatic rings. The van der Waals surface area contributed by atoms with E-state index in [1.54, 1.807) is 13.3 Å². The Morgan fingerprint density at radius 2 is 1.85 bits per heavy atom. The van der Waals surface area contributed by atoms with Crippen molar-refractivity contribution in [2.75, 3.05) is 80.7 Å². The van der Waals surface area contributed by atoms with Crippen LogP contribution in [-0.4, -0.2) is 110 Å². The lowest BCUT2D eigenvalue weighted by molar-refractivity contribution is -0.0327. The summed E-state index contributed by atoms with van der Waals surface area (Å²) in [6.45, 7) is 9.70. The largest absolute Gasteiger partial charge is 0.378 e. The van der Waals surface area contributed by atoms with E-state index in [0.29, 0.717) is 24.6 Å². The van der Waals surface area contributed by atoms with Gasteiger partial charge in [0.15, 0.2) is 0 Å². The Hall–Kier alpha value is -3.56. The van der Waals surface area contributed by atoms with E-state index >= 15 is 0 Å². The van der Waals surface area contributed by atoms with Crippen LogP contribution >= 0.6 is 0 Å². The van der Waals surface area contributed by atoms with Gasteiger partial charge in [0.2, 0.25) is 5.95 Å². The van der Waals surface area contributed by atoms with Crippen LogP contribution < -0.4 is 20.4 Å². The Kier molecular flexibility index (Phi) is 7.67. The maximum absolute atomic E-state index is 9.54. The first-order chi connectivity index (χ1) is 19.5. The number of anilines is 3. The number of ether oxygens (including phenoxy) is 2. The molecule has 0 aliphatic carbocycles. The predicted octanol–water partition coefficient (Wildman–Crippen LogP) is 1.47. The van der Waals surface area contributed by atoms with Crippen LogP contribution in [-0.2, 0) is 9.47 Å². The van der Waals surface area contributed by atoms with Gasteiger partial charge in [-0.15, -0.1) is 0 Å². The van der Waals surface area contributed by atoms with Crippen molar-refractivity contribution in [3.8, 4) is 6.07 Å². The highest BCUT2D eigenvalue weighted by Crippen LogP contribution is 2.30. The molecule has 2 aromatic heterocycles. The van der Waals surface area contributed by atoms with Crippen molar-refractivity contribution in [2.24, 2.45) is 5.73 Å². The second kappa shape index (κ2) is 11.5. The Balaban J connectivity index is 1.08. The minimum absolute atomic E-state index is 0.00347. The molecule has 11 nitrogen and oxygen atoms in total. The zero-order valence-corrected chi connectivity index (χ0v) is 23.2. The molecule has 0 saturated carbocycles. The molecule has 3 aliphatic heterocycles. The standard InChI is InChI=1S/C29H37N9O2/c1-20-15-37(25-6-5-21(14-30)28-23(25)4-3-8-32-28)17-22(40-20)16-35-10-12-36(13-11-35)27-7-9-33-29(34-27)38-18-24(31)26(19-38)39-2/h3-9,20,22,24,26H,10-13,15-19,31H2,1-2H3/t20-,22+,24-,26+/m1/s1. The van der Waals surface area contributed by atoms with Crippen molar-refractivity contribution in [3.05, 3.63) is 48.3 Å². The highest BCUT2D eigenvalue weighted by atomic mass is 16.5. The summed E-state index contributed by atoms with van der Waals surface area (Å²) in [5.74, 6) is 1.67. The van der Waals surface area contributed by atoms with Gasteiger partial charge >= 0.3 is 0 Å². The number of pyridine rings is 1. The molecule has 5 heterocycles. The summed E-state index contributed by atoms with van der Waals surface area (Å²) in [5, 5.41) is 10.6. The number of morpholine rings is 1. The summed E-state index contributed by atoms with van der Waals surface area (Å²) >= 11 is 0. The third-order valence-electron chi connectivity index (χ3n) is 8.22. The maximum atomic E-state index is 9.54. The van der Waals surface area contributed by atoms with E-state index in [1.165, 1.54) is 0 Å². The quantitative estimate of drug-likeness (QED) is 0.487. The first-order valence-corrected chi connectivity index (χ1v) is 14.0. The maximum Gasteiger partial charge on any atom is 0.227 e. The summed E-state index contributed by atoms with van der Waals surface area (Å²) < 4.78 is 11.9. The Morgan fingerprint density at radius 3 is 2.62 bits per heavy atom. The van der Waals surface area contributed by atoms with Crippen molar-refractivity contribution in [1.82, 2.24) is 19.9 Å². The van der Waals surface area contributed by atoms with Crippen LogP contribution in [0, 0.1) is 11.3 Å². The number of nitrogens with two attached hydrogens (primary N) is 1. The van der Waals surface area contributed by atoms with E-state index in [9.17, 15) is 5.26 Å². The number of hydrogen-bond acceptors (Lipinski definition) is 11. The van der Waals surface area contributed by atoms with Crippen molar-refractivity contribution < 1.29 is 9.47 Å². The van der Waals surface area contributed by atoms with E-state index in [1.807, 2.05) is 24.4 Å². The molecule has 4 atom stereocenters. The lowest BCUT2D eigenvalue weighted by atomic mass is 10.1. The predicted molar refractivity (Wildman–Crippen MR) is 155 cm³/mol. The van der Waals surface area contributed by atoms with Crippen molar-refractivity contribution >= 4 is 28.4 Å². The van der Waals surface area contributed by atoms with Gasteiger partial charge in [0.1, 0.15) is 11.9 Å². The molecule has 11 heteroatoms. The number of fused-ring (bicyclic) bond motifs is 1. The zero-order chi connectivity index (χ0) is 27.6. The molecular weight excluding hydrogens is 506 g/mol. The molecule has 1 aromatic carbocycles. The number of aromatic nitrogens is 3. The smallest absolute Gasteiger partial charge is 0.227 e. The van der Waals surface area contributed by atoms with Crippen LogP contribution in [0.4, 0.5) is 17.5 Å². The second-order valence-corrected chi connectivity index (χ2v) is 11.0. The van der Waals surface area contributed by atoms with Crippen molar-refractivity contribution in [3.63, 3.8) is 0 Å². The highest BCUT2D eigenvalue weighted by molar-refractivity contribution is 5.95. The molecule has 0 spiro atoms. The number of nitriles is 1. The average Bonchev–Trinajstić information content (AvgIpc) is 3.37. The summed E-state index contributed by atoms with van der Waals surface area (Å²) in [5.41, 5.74) is 8.69. The van der Waals surface area contributed by atoms with Crippen LogP contribution in [0.15, 0.2) is 42.7 Å². The van der Waals surface area contributed by atoms with Crippen molar-refractivity contribution in [2.45, 2.75) is 31.3 Å². The van der Waals surface area contributed by atoms with Gasteiger partial charge in [0, 0.05) is 89.5 Å². The number of piperazine rings is 1. The number of methoxy groups -OCH3 is 1. The molecule has 210 valence electrons. The van der Waals surface area contributed by atoms with E-state index in [-0.39, 0.29) is 24.4 Å². The molecule has 2 N–H and O–H groups in total. The molecule has 0 bridgehead atoms. The van der Waals surface area contributed by atoms with Gasteiger partial charge in [-0.05, 0) is 37.3 Å². The zero-order valence-electron chi connectivity index (χ0n) is 23.2.